The van der Waals surface area contributed by atoms with Crippen molar-refractivity contribution in [3.05, 3.63) is 35.5 Å². The van der Waals surface area contributed by atoms with Crippen molar-refractivity contribution in [2.45, 2.75) is 129 Å². The second-order valence-corrected chi connectivity index (χ2v) is 11.8. The van der Waals surface area contributed by atoms with Gasteiger partial charge in [0.25, 0.3) is 0 Å². The number of rotatable bonds is 9. The minimum atomic E-state index is -0.614. The number of unbranched alkanes of at least 4 members (excludes halogenated alkanes) is 1. The van der Waals surface area contributed by atoms with Crippen LogP contribution in [0.2, 0.25) is 0 Å². The Morgan fingerprint density at radius 3 is 2.58 bits per heavy atom. The summed E-state index contributed by atoms with van der Waals surface area (Å²) in [6, 6.07) is 0. The number of aliphatic hydroxyl groups is 3. The summed E-state index contributed by atoms with van der Waals surface area (Å²) in [6.45, 7) is 13.3. The highest BCUT2D eigenvalue weighted by atomic mass is 16.3. The summed E-state index contributed by atoms with van der Waals surface area (Å²) in [5.41, 5.74) is 3.30. The zero-order chi connectivity index (χ0) is 24.2. The number of hydrogen-bond acceptors (Lipinski definition) is 3. The Bertz CT molecular complexity index is 731. The molecule has 0 spiro atoms. The summed E-state index contributed by atoms with van der Waals surface area (Å²) in [5.74, 6) is 2.17. The van der Waals surface area contributed by atoms with Gasteiger partial charge in [0.05, 0.1) is 17.8 Å². The lowest BCUT2D eigenvalue weighted by molar-refractivity contribution is 0.0202. The third-order valence-electron chi connectivity index (χ3n) is 9.86. The van der Waals surface area contributed by atoms with Crippen LogP contribution in [0.5, 0.6) is 0 Å². The molecule has 188 valence electrons. The number of aliphatic hydroxyl groups excluding tert-OH is 2. The first-order valence-corrected chi connectivity index (χ1v) is 13.8. The van der Waals surface area contributed by atoms with Gasteiger partial charge in [-0.2, -0.15) is 0 Å². The molecule has 0 amide bonds. The molecule has 0 bridgehead atoms. The van der Waals surface area contributed by atoms with E-state index in [-0.39, 0.29) is 0 Å². The largest absolute Gasteiger partial charge is 0.393 e. The van der Waals surface area contributed by atoms with Gasteiger partial charge in [0, 0.05) is 6.42 Å². The summed E-state index contributed by atoms with van der Waals surface area (Å²) >= 11 is 0. The molecule has 0 aromatic rings. The lowest BCUT2D eigenvalue weighted by atomic mass is 9.60. The second-order valence-electron chi connectivity index (χ2n) is 11.8. The fraction of sp³-hybridized carbons (Fsp3) is 0.800. The van der Waals surface area contributed by atoms with E-state index >= 15 is 0 Å². The Morgan fingerprint density at radius 1 is 1.15 bits per heavy atom. The van der Waals surface area contributed by atoms with Gasteiger partial charge in [0.2, 0.25) is 0 Å². The number of hydrogen-bond donors (Lipinski definition) is 3. The molecule has 1 unspecified atom stereocenters. The van der Waals surface area contributed by atoms with Crippen molar-refractivity contribution in [3.63, 3.8) is 0 Å². The molecule has 3 fully saturated rings. The van der Waals surface area contributed by atoms with Gasteiger partial charge in [-0.05, 0) is 92.1 Å². The van der Waals surface area contributed by atoms with Crippen LogP contribution in [0, 0.1) is 23.2 Å². The van der Waals surface area contributed by atoms with Crippen molar-refractivity contribution in [1.29, 1.82) is 0 Å². The van der Waals surface area contributed by atoms with E-state index < -0.39 is 17.8 Å². The zero-order valence-electron chi connectivity index (χ0n) is 21.8. The Labute approximate surface area is 203 Å². The van der Waals surface area contributed by atoms with E-state index in [1.807, 2.05) is 0 Å². The molecule has 0 aromatic heterocycles. The fourth-order valence-corrected chi connectivity index (χ4v) is 7.40. The Hall–Kier alpha value is -0.900. The molecule has 0 radical (unpaired) electrons. The summed E-state index contributed by atoms with van der Waals surface area (Å²) in [4.78, 5) is 0. The molecule has 3 heteroatoms. The molecule has 6 atom stereocenters. The first kappa shape index (κ1) is 26.7. The molecule has 3 aliphatic rings. The topological polar surface area (TPSA) is 60.7 Å². The molecule has 0 aliphatic heterocycles. The molecule has 0 saturated heterocycles. The zero-order valence-corrected chi connectivity index (χ0v) is 21.8. The van der Waals surface area contributed by atoms with Gasteiger partial charge < -0.3 is 15.3 Å². The first-order valence-electron chi connectivity index (χ1n) is 13.8. The summed E-state index contributed by atoms with van der Waals surface area (Å²) < 4.78 is 0. The van der Waals surface area contributed by atoms with E-state index in [0.29, 0.717) is 24.2 Å². The first-order chi connectivity index (χ1) is 15.6. The van der Waals surface area contributed by atoms with Crippen molar-refractivity contribution < 1.29 is 15.3 Å². The van der Waals surface area contributed by atoms with Gasteiger partial charge in [-0.15, -0.1) is 0 Å². The van der Waals surface area contributed by atoms with E-state index in [4.69, 9.17) is 0 Å². The van der Waals surface area contributed by atoms with Gasteiger partial charge in [-0.25, -0.2) is 0 Å². The highest BCUT2D eigenvalue weighted by Crippen LogP contribution is 2.60. The maximum absolute atomic E-state index is 10.6. The van der Waals surface area contributed by atoms with Gasteiger partial charge in [-0.3, -0.25) is 0 Å². The van der Waals surface area contributed by atoms with Gasteiger partial charge in [0.15, 0.2) is 0 Å². The van der Waals surface area contributed by atoms with Gasteiger partial charge in [0.1, 0.15) is 0 Å². The summed E-state index contributed by atoms with van der Waals surface area (Å²) in [7, 11) is 0. The minimum Gasteiger partial charge on any atom is -0.393 e. The molecular formula is C30H50O3. The molecule has 33 heavy (non-hydrogen) atoms. The smallest absolute Gasteiger partial charge is 0.0811 e. The van der Waals surface area contributed by atoms with Gasteiger partial charge in [-0.1, -0.05) is 71.3 Å². The maximum atomic E-state index is 10.6. The van der Waals surface area contributed by atoms with Crippen LogP contribution in [0.4, 0.5) is 0 Å². The molecule has 3 aliphatic carbocycles. The van der Waals surface area contributed by atoms with Crippen LogP contribution in [0.3, 0.4) is 0 Å². The highest BCUT2D eigenvalue weighted by molar-refractivity contribution is 5.38. The molecule has 3 nitrogen and oxygen atoms in total. The van der Waals surface area contributed by atoms with Crippen LogP contribution in [0.15, 0.2) is 35.5 Å². The van der Waals surface area contributed by atoms with E-state index in [0.717, 1.165) is 48.7 Å². The van der Waals surface area contributed by atoms with Crippen molar-refractivity contribution in [3.8, 4) is 0 Å². The third-order valence-corrected chi connectivity index (χ3v) is 9.86. The lowest BCUT2D eigenvalue weighted by Crippen LogP contribution is -2.36. The maximum Gasteiger partial charge on any atom is 0.0811 e. The van der Waals surface area contributed by atoms with Crippen LogP contribution in [-0.4, -0.2) is 33.1 Å². The molecule has 3 saturated carbocycles. The van der Waals surface area contributed by atoms with E-state index in [2.05, 4.69) is 46.4 Å². The average Bonchev–Trinajstić information content (AvgIpc) is 3.15. The van der Waals surface area contributed by atoms with E-state index in [1.165, 1.54) is 44.9 Å². The van der Waals surface area contributed by atoms with Crippen molar-refractivity contribution in [2.24, 2.45) is 23.2 Å². The number of fused-ring (bicyclic) bond motifs is 1. The van der Waals surface area contributed by atoms with Crippen molar-refractivity contribution >= 4 is 0 Å². The number of allylic oxidation sites excluding steroid dienone is 3. The molecular weight excluding hydrogens is 408 g/mol. The summed E-state index contributed by atoms with van der Waals surface area (Å²) in [5, 5.41) is 30.8. The average molecular weight is 459 g/mol. The standard InChI is InChI=1S/C30H50O3/c1-6-30(33,7-2)18-9-8-11-21(3)26-15-16-27-23(12-10-17-29(26,27)5)13-14-24-19-25(31)20-28(32)22(24)4/h13-14,21,25-28,31-33H,4,6-12,15-20H2,1-3,5H3/b23-13+,24-14-/t21-,25-,26?,27+,28+,29-/m1/s1. The van der Waals surface area contributed by atoms with E-state index in [1.54, 1.807) is 5.57 Å². The van der Waals surface area contributed by atoms with Crippen LogP contribution < -0.4 is 0 Å². The predicted molar refractivity (Wildman–Crippen MR) is 138 cm³/mol. The normalized spacial score (nSPS) is 36.4. The van der Waals surface area contributed by atoms with Crippen LogP contribution in [0.25, 0.3) is 0 Å². The van der Waals surface area contributed by atoms with Crippen LogP contribution in [0.1, 0.15) is 111 Å². The Morgan fingerprint density at radius 2 is 1.88 bits per heavy atom. The van der Waals surface area contributed by atoms with Crippen molar-refractivity contribution in [2.75, 3.05) is 0 Å². The quantitative estimate of drug-likeness (QED) is 0.330. The van der Waals surface area contributed by atoms with E-state index in [9.17, 15) is 15.3 Å². The lowest BCUT2D eigenvalue weighted by Gasteiger charge is -2.44. The van der Waals surface area contributed by atoms with Gasteiger partial charge >= 0.3 is 0 Å². The minimum absolute atomic E-state index is 0.387. The van der Waals surface area contributed by atoms with Crippen LogP contribution in [-0.2, 0) is 0 Å². The molecule has 3 rings (SSSR count). The SMILES string of the molecule is C=C1/C(=C\C=C2/CCC[C@]3(C)C([C@H](C)CCCCC(O)(CC)CC)CC[C@@H]23)C[C@@H](O)C[C@@H]1O. The summed E-state index contributed by atoms with van der Waals surface area (Å²) in [6.07, 6.45) is 17.1. The predicted octanol–water partition coefficient (Wildman–Crippen LogP) is 6.88. The van der Waals surface area contributed by atoms with Crippen molar-refractivity contribution in [1.82, 2.24) is 0 Å². The van der Waals surface area contributed by atoms with Crippen LogP contribution >= 0.6 is 0 Å². The molecule has 0 aromatic carbocycles. The highest BCUT2D eigenvalue weighted by Gasteiger charge is 2.50. The third kappa shape index (κ3) is 6.03. The molecule has 0 heterocycles. The second kappa shape index (κ2) is 11.2. The fourth-order valence-electron chi connectivity index (χ4n) is 7.40. The Balaban J connectivity index is 1.62. The monoisotopic (exact) mass is 458 g/mol. The Kier molecular flexibility index (Phi) is 9.08. The molecule has 3 N–H and O–H groups in total.